The number of hydrogen-bond acceptors (Lipinski definition) is 4. The van der Waals surface area contributed by atoms with Crippen LogP contribution in [0.25, 0.3) is 0 Å². The highest BCUT2D eigenvalue weighted by Gasteiger charge is 2.25. The van der Waals surface area contributed by atoms with Gasteiger partial charge in [0.15, 0.2) is 0 Å². The van der Waals surface area contributed by atoms with Gasteiger partial charge in [0.2, 0.25) is 5.91 Å². The number of anilines is 1. The summed E-state index contributed by atoms with van der Waals surface area (Å²) in [6, 6.07) is 7.49. The van der Waals surface area contributed by atoms with Gasteiger partial charge in [-0.15, -0.1) is 0 Å². The van der Waals surface area contributed by atoms with E-state index in [9.17, 15) is 9.59 Å². The third kappa shape index (κ3) is 7.04. The highest BCUT2D eigenvalue weighted by molar-refractivity contribution is 9.10. The molecule has 1 saturated heterocycles. The number of amides is 2. The summed E-state index contributed by atoms with van der Waals surface area (Å²) in [6.07, 6.45) is 0.541. The van der Waals surface area contributed by atoms with Crippen LogP contribution in [0.5, 0.6) is 0 Å². The standard InChI is InChI=1S/C18H26BrN3O3/c1-18(2,3)25-17(24)22-10-4-9-21(11-12-22)13-16(23)20-15-7-5-14(19)6-8-15/h5-8H,4,9-13H2,1-3H3,(H,20,23). The zero-order chi connectivity index (χ0) is 18.4. The van der Waals surface area contributed by atoms with Gasteiger partial charge < -0.3 is 15.0 Å². The lowest BCUT2D eigenvalue weighted by Gasteiger charge is -2.26. The first kappa shape index (κ1) is 19.7. The maximum Gasteiger partial charge on any atom is 0.410 e. The normalized spacial score (nSPS) is 16.2. The number of ether oxygens (including phenoxy) is 1. The van der Waals surface area contributed by atoms with E-state index in [1.54, 1.807) is 4.90 Å². The zero-order valence-electron chi connectivity index (χ0n) is 15.0. The number of carbonyl (C=O) groups excluding carboxylic acids is 2. The molecule has 0 unspecified atom stereocenters. The van der Waals surface area contributed by atoms with E-state index in [1.807, 2.05) is 45.0 Å². The van der Waals surface area contributed by atoms with Gasteiger partial charge in [0.05, 0.1) is 6.54 Å². The van der Waals surface area contributed by atoms with E-state index in [4.69, 9.17) is 4.74 Å². The van der Waals surface area contributed by atoms with Crippen LogP contribution in [-0.4, -0.2) is 60.1 Å². The van der Waals surface area contributed by atoms with Crippen molar-refractivity contribution in [2.24, 2.45) is 0 Å². The van der Waals surface area contributed by atoms with Gasteiger partial charge in [-0.05, 0) is 51.5 Å². The van der Waals surface area contributed by atoms with Crippen LogP contribution in [0.3, 0.4) is 0 Å². The van der Waals surface area contributed by atoms with E-state index in [1.165, 1.54) is 0 Å². The van der Waals surface area contributed by atoms with Crippen molar-refractivity contribution in [3.63, 3.8) is 0 Å². The molecule has 1 fully saturated rings. The van der Waals surface area contributed by atoms with Gasteiger partial charge >= 0.3 is 6.09 Å². The zero-order valence-corrected chi connectivity index (χ0v) is 16.6. The molecule has 25 heavy (non-hydrogen) atoms. The van der Waals surface area contributed by atoms with Gasteiger partial charge in [-0.2, -0.15) is 0 Å². The molecule has 1 aromatic carbocycles. The fourth-order valence-electron chi connectivity index (χ4n) is 2.57. The number of carbonyl (C=O) groups is 2. The minimum Gasteiger partial charge on any atom is -0.444 e. The first-order valence-electron chi connectivity index (χ1n) is 8.49. The second-order valence-corrected chi connectivity index (χ2v) is 8.07. The lowest BCUT2D eigenvalue weighted by molar-refractivity contribution is -0.117. The molecule has 0 atom stereocenters. The monoisotopic (exact) mass is 411 g/mol. The van der Waals surface area contributed by atoms with E-state index in [2.05, 4.69) is 26.1 Å². The molecule has 0 spiro atoms. The highest BCUT2D eigenvalue weighted by atomic mass is 79.9. The van der Waals surface area contributed by atoms with Gasteiger partial charge in [0, 0.05) is 36.3 Å². The van der Waals surface area contributed by atoms with Crippen molar-refractivity contribution in [2.45, 2.75) is 32.8 Å². The number of hydrogen-bond donors (Lipinski definition) is 1. The molecule has 1 N–H and O–H groups in total. The predicted molar refractivity (Wildman–Crippen MR) is 102 cm³/mol. The van der Waals surface area contributed by atoms with Crippen molar-refractivity contribution in [1.82, 2.24) is 9.80 Å². The number of nitrogens with one attached hydrogen (secondary N) is 1. The van der Waals surface area contributed by atoms with Gasteiger partial charge in [-0.25, -0.2) is 4.79 Å². The summed E-state index contributed by atoms with van der Waals surface area (Å²) in [4.78, 5) is 28.2. The molecule has 7 heteroatoms. The largest absolute Gasteiger partial charge is 0.444 e. The summed E-state index contributed by atoms with van der Waals surface area (Å²) in [5, 5.41) is 2.90. The van der Waals surface area contributed by atoms with Crippen LogP contribution in [0.2, 0.25) is 0 Å². The molecule has 1 aliphatic heterocycles. The number of benzene rings is 1. The van der Waals surface area contributed by atoms with Crippen molar-refractivity contribution >= 4 is 33.6 Å². The molecule has 138 valence electrons. The van der Waals surface area contributed by atoms with Crippen molar-refractivity contribution in [3.8, 4) is 0 Å². The molecule has 1 aromatic rings. The summed E-state index contributed by atoms with van der Waals surface area (Å²) in [5.74, 6) is -0.0481. The third-order valence-electron chi connectivity index (χ3n) is 3.74. The quantitative estimate of drug-likeness (QED) is 0.828. The molecule has 0 aliphatic carbocycles. The molecule has 1 aliphatic rings. The first-order valence-corrected chi connectivity index (χ1v) is 9.28. The molecular weight excluding hydrogens is 386 g/mol. The van der Waals surface area contributed by atoms with E-state index >= 15 is 0 Å². The summed E-state index contributed by atoms with van der Waals surface area (Å²) in [6.45, 7) is 8.57. The fraction of sp³-hybridized carbons (Fsp3) is 0.556. The Morgan fingerprint density at radius 2 is 1.80 bits per heavy atom. The number of nitrogens with zero attached hydrogens (tertiary/aromatic N) is 2. The minimum atomic E-state index is -0.492. The molecule has 0 bridgehead atoms. The Kier molecular flexibility index (Phi) is 6.84. The number of rotatable bonds is 3. The Balaban J connectivity index is 1.81. The van der Waals surface area contributed by atoms with Crippen LogP contribution in [-0.2, 0) is 9.53 Å². The average molecular weight is 412 g/mol. The molecule has 0 aromatic heterocycles. The maximum atomic E-state index is 12.2. The molecular formula is C18H26BrN3O3. The second kappa shape index (κ2) is 8.67. The van der Waals surface area contributed by atoms with Crippen molar-refractivity contribution in [3.05, 3.63) is 28.7 Å². The minimum absolute atomic E-state index is 0.0481. The molecule has 0 radical (unpaired) electrons. The van der Waals surface area contributed by atoms with Crippen LogP contribution >= 0.6 is 15.9 Å². The van der Waals surface area contributed by atoms with E-state index < -0.39 is 5.60 Å². The molecule has 0 saturated carbocycles. The molecule has 2 amide bonds. The second-order valence-electron chi connectivity index (χ2n) is 7.15. The van der Waals surface area contributed by atoms with Crippen LogP contribution in [0, 0.1) is 0 Å². The van der Waals surface area contributed by atoms with Crippen molar-refractivity contribution < 1.29 is 14.3 Å². The number of halogens is 1. The Bertz CT molecular complexity index is 599. The van der Waals surface area contributed by atoms with Crippen LogP contribution in [0.1, 0.15) is 27.2 Å². The molecule has 2 rings (SSSR count). The Hall–Kier alpha value is -1.60. The van der Waals surface area contributed by atoms with Gasteiger partial charge in [0.1, 0.15) is 5.60 Å². The lowest BCUT2D eigenvalue weighted by Crippen LogP contribution is -2.40. The van der Waals surface area contributed by atoms with Gasteiger partial charge in [0.25, 0.3) is 0 Å². The summed E-state index contributed by atoms with van der Waals surface area (Å²) < 4.78 is 6.40. The predicted octanol–water partition coefficient (Wildman–Crippen LogP) is 3.33. The first-order chi connectivity index (χ1) is 11.7. The molecule has 6 nitrogen and oxygen atoms in total. The van der Waals surface area contributed by atoms with Crippen LogP contribution in [0.4, 0.5) is 10.5 Å². The smallest absolute Gasteiger partial charge is 0.410 e. The Morgan fingerprint density at radius 1 is 1.12 bits per heavy atom. The maximum absolute atomic E-state index is 12.2. The average Bonchev–Trinajstić information content (AvgIpc) is 2.73. The summed E-state index contributed by atoms with van der Waals surface area (Å²) in [7, 11) is 0. The SMILES string of the molecule is CC(C)(C)OC(=O)N1CCCN(CC(=O)Nc2ccc(Br)cc2)CC1. The molecule has 1 heterocycles. The van der Waals surface area contributed by atoms with Crippen LogP contribution < -0.4 is 5.32 Å². The van der Waals surface area contributed by atoms with Gasteiger partial charge in [-0.3, -0.25) is 9.69 Å². The Labute approximate surface area is 157 Å². The summed E-state index contributed by atoms with van der Waals surface area (Å²) in [5.41, 5.74) is 0.284. The third-order valence-corrected chi connectivity index (χ3v) is 4.26. The lowest BCUT2D eigenvalue weighted by atomic mass is 10.2. The Morgan fingerprint density at radius 3 is 2.44 bits per heavy atom. The van der Waals surface area contributed by atoms with Gasteiger partial charge in [-0.1, -0.05) is 15.9 Å². The fourth-order valence-corrected chi connectivity index (χ4v) is 2.84. The van der Waals surface area contributed by atoms with E-state index in [-0.39, 0.29) is 12.0 Å². The topological polar surface area (TPSA) is 61.9 Å². The highest BCUT2D eigenvalue weighted by Crippen LogP contribution is 2.15. The van der Waals surface area contributed by atoms with Crippen LogP contribution in [0.15, 0.2) is 28.7 Å². The van der Waals surface area contributed by atoms with E-state index in [0.717, 1.165) is 23.1 Å². The van der Waals surface area contributed by atoms with Crippen molar-refractivity contribution in [2.75, 3.05) is 38.0 Å². The summed E-state index contributed by atoms with van der Waals surface area (Å²) >= 11 is 3.37. The van der Waals surface area contributed by atoms with E-state index in [0.29, 0.717) is 26.2 Å². The van der Waals surface area contributed by atoms with Crippen molar-refractivity contribution in [1.29, 1.82) is 0 Å².